The molecule has 1 N–H and O–H groups in total. The van der Waals surface area contributed by atoms with E-state index in [9.17, 15) is 12.8 Å². The average Bonchev–Trinajstić information content (AvgIpc) is 3.42. The summed E-state index contributed by atoms with van der Waals surface area (Å²) in [6, 6.07) is 5.14. The van der Waals surface area contributed by atoms with Gasteiger partial charge in [-0.3, -0.25) is 9.71 Å². The van der Waals surface area contributed by atoms with E-state index in [1.807, 2.05) is 12.3 Å². The number of aromatic nitrogens is 4. The van der Waals surface area contributed by atoms with Crippen molar-refractivity contribution in [1.29, 1.82) is 0 Å². The molecule has 1 aliphatic rings. The molecule has 3 heterocycles. The maximum Gasteiger partial charge on any atom is 0.265 e. The number of benzene rings is 1. The second-order valence-corrected chi connectivity index (χ2v) is 12.1. The van der Waals surface area contributed by atoms with Gasteiger partial charge < -0.3 is 9.32 Å². The van der Waals surface area contributed by atoms with Crippen LogP contribution < -0.4 is 9.62 Å². The van der Waals surface area contributed by atoms with Gasteiger partial charge in [-0.25, -0.2) is 21.9 Å². The van der Waals surface area contributed by atoms with Crippen LogP contribution >= 0.6 is 0 Å². The van der Waals surface area contributed by atoms with Gasteiger partial charge in [-0.1, -0.05) is 25.5 Å². The molecule has 12 heteroatoms. The van der Waals surface area contributed by atoms with Crippen molar-refractivity contribution in [3.05, 3.63) is 67.0 Å². The monoisotopic (exact) mass is 584 g/mol. The summed E-state index contributed by atoms with van der Waals surface area (Å²) in [6.07, 6.45) is 14.3. The first-order valence-corrected chi connectivity index (χ1v) is 15.4. The Hall–Kier alpha value is -3.80. The number of nitrogens with zero attached hydrogens (tertiary/aromatic N) is 5. The summed E-state index contributed by atoms with van der Waals surface area (Å²) in [5.41, 5.74) is 0.974. The quantitative estimate of drug-likeness (QED) is 0.182. The van der Waals surface area contributed by atoms with Crippen LogP contribution in [0.2, 0.25) is 0 Å². The zero-order valence-corrected chi connectivity index (χ0v) is 23.9. The molecule has 41 heavy (non-hydrogen) atoms. The highest BCUT2D eigenvalue weighted by Gasteiger charge is 2.29. The smallest absolute Gasteiger partial charge is 0.265 e. The van der Waals surface area contributed by atoms with E-state index in [0.29, 0.717) is 11.3 Å². The molecule has 0 spiro atoms. The van der Waals surface area contributed by atoms with Gasteiger partial charge in [0.1, 0.15) is 22.5 Å². The van der Waals surface area contributed by atoms with E-state index < -0.39 is 33.0 Å². The summed E-state index contributed by atoms with van der Waals surface area (Å²) >= 11 is 0. The van der Waals surface area contributed by atoms with Crippen LogP contribution in [0, 0.1) is 23.5 Å². The molecule has 1 fully saturated rings. The average molecular weight is 585 g/mol. The molecule has 0 amide bonds. The van der Waals surface area contributed by atoms with Crippen LogP contribution in [0.5, 0.6) is 0 Å². The highest BCUT2D eigenvalue weighted by molar-refractivity contribution is 7.92. The van der Waals surface area contributed by atoms with Crippen molar-refractivity contribution in [2.75, 3.05) is 22.7 Å². The number of hydrogen-bond acceptors (Lipinski definition) is 7. The first kappa shape index (κ1) is 28.7. The third-order valence-corrected chi connectivity index (χ3v) is 8.87. The normalized spacial score (nSPS) is 14.2. The maximum atomic E-state index is 15.4. The van der Waals surface area contributed by atoms with E-state index >= 15 is 4.39 Å². The second kappa shape index (κ2) is 12.4. The predicted molar refractivity (Wildman–Crippen MR) is 152 cm³/mol. The molecule has 9 nitrogen and oxygen atoms in total. The predicted octanol–water partition coefficient (Wildman–Crippen LogP) is 6.43. The summed E-state index contributed by atoms with van der Waals surface area (Å²) in [5.74, 6) is -0.355. The molecule has 1 aliphatic carbocycles. The fraction of sp³-hybridized carbons (Fsp3) is 0.414. The number of nitrogens with one attached hydrogen (secondary N) is 1. The molecule has 0 bridgehead atoms. The molecular weight excluding hydrogens is 550 g/mol. The van der Waals surface area contributed by atoms with Gasteiger partial charge in [0.25, 0.3) is 10.0 Å². The number of anilines is 2. The van der Waals surface area contributed by atoms with Crippen LogP contribution in [0.3, 0.4) is 0 Å². The number of furan rings is 1. The van der Waals surface area contributed by atoms with E-state index in [1.54, 1.807) is 6.20 Å². The van der Waals surface area contributed by atoms with Gasteiger partial charge in [-0.05, 0) is 68.2 Å². The van der Waals surface area contributed by atoms with Crippen LogP contribution in [0.4, 0.5) is 20.2 Å². The molecule has 0 saturated heterocycles. The number of pyridine rings is 1. The minimum atomic E-state index is -4.14. The molecular formula is C29H34F2N6O3S. The Morgan fingerprint density at radius 2 is 2.00 bits per heavy atom. The summed E-state index contributed by atoms with van der Waals surface area (Å²) in [5, 5.41) is 8.07. The third-order valence-electron chi connectivity index (χ3n) is 7.53. The summed E-state index contributed by atoms with van der Waals surface area (Å²) in [7, 11) is -4.14. The van der Waals surface area contributed by atoms with E-state index in [4.69, 9.17) is 4.42 Å². The lowest BCUT2D eigenvalue weighted by molar-refractivity contribution is 0.403. The van der Waals surface area contributed by atoms with Crippen molar-refractivity contribution < 1.29 is 21.6 Å². The zero-order valence-electron chi connectivity index (χ0n) is 23.1. The van der Waals surface area contributed by atoms with Crippen LogP contribution in [-0.2, 0) is 10.0 Å². The third kappa shape index (κ3) is 6.58. The summed E-state index contributed by atoms with van der Waals surface area (Å²) in [4.78, 5) is 6.53. The molecule has 0 aliphatic heterocycles. The highest BCUT2D eigenvalue weighted by atomic mass is 32.2. The van der Waals surface area contributed by atoms with Crippen molar-refractivity contribution in [2.45, 2.75) is 57.3 Å². The molecule has 1 atom stereocenters. The van der Waals surface area contributed by atoms with E-state index in [1.165, 1.54) is 44.2 Å². The Balaban J connectivity index is 1.35. The number of hydrogen-bond donors (Lipinski definition) is 1. The van der Waals surface area contributed by atoms with Crippen molar-refractivity contribution in [3.63, 3.8) is 0 Å². The van der Waals surface area contributed by atoms with E-state index in [2.05, 4.69) is 38.8 Å². The van der Waals surface area contributed by atoms with Gasteiger partial charge in [0.15, 0.2) is 11.6 Å². The topological polar surface area (TPSA) is 106 Å². The Morgan fingerprint density at radius 1 is 1.17 bits per heavy atom. The Kier molecular flexibility index (Phi) is 8.67. The summed E-state index contributed by atoms with van der Waals surface area (Å²) < 4.78 is 63.2. The minimum absolute atomic E-state index is 0.191. The van der Waals surface area contributed by atoms with Crippen molar-refractivity contribution >= 4 is 21.4 Å². The molecule has 218 valence electrons. The Labute approximate surface area is 238 Å². The lowest BCUT2D eigenvalue weighted by atomic mass is 9.95. The minimum Gasteiger partial charge on any atom is -0.471 e. The van der Waals surface area contributed by atoms with Crippen molar-refractivity contribution in [1.82, 2.24) is 20.0 Å². The standard InChI is InChI=1S/C29H34F2N6O3S/c1-3-12-36(13-5-6-20(4-2)21-7-8-21)23-15-22(16-32-17-23)27-18-37(35-33-27)29-25(30)9-10-26(28(29)31)34-41(38,39)24-11-14-40-19-24/h9-11,14-21,34H,3-8,12-13H2,1-2H3. The van der Waals surface area contributed by atoms with Gasteiger partial charge in [0.2, 0.25) is 0 Å². The largest absolute Gasteiger partial charge is 0.471 e. The molecule has 1 saturated carbocycles. The van der Waals surface area contributed by atoms with Crippen molar-refractivity contribution in [3.8, 4) is 16.9 Å². The van der Waals surface area contributed by atoms with Gasteiger partial charge >= 0.3 is 0 Å². The first-order chi connectivity index (χ1) is 19.8. The summed E-state index contributed by atoms with van der Waals surface area (Å²) in [6.45, 7) is 6.23. The molecule has 3 aromatic heterocycles. The highest BCUT2D eigenvalue weighted by Crippen LogP contribution is 2.40. The Bertz CT molecular complexity index is 1570. The lowest BCUT2D eigenvalue weighted by Gasteiger charge is -2.25. The van der Waals surface area contributed by atoms with Crippen LogP contribution in [0.25, 0.3) is 16.9 Å². The fourth-order valence-corrected chi connectivity index (χ4v) is 6.19. The fourth-order valence-electron chi connectivity index (χ4n) is 5.21. The number of sulfonamides is 1. The molecule has 5 rings (SSSR count). The van der Waals surface area contributed by atoms with E-state index in [-0.39, 0.29) is 4.90 Å². The number of halogens is 2. The van der Waals surface area contributed by atoms with Gasteiger partial charge in [0, 0.05) is 24.8 Å². The molecule has 0 radical (unpaired) electrons. The van der Waals surface area contributed by atoms with Gasteiger partial charge in [0.05, 0.1) is 30.0 Å². The van der Waals surface area contributed by atoms with Crippen LogP contribution in [-0.4, -0.2) is 41.5 Å². The molecule has 1 aromatic carbocycles. The number of rotatable bonds is 14. The SMILES string of the molecule is CCCN(CCCC(CC)C1CC1)c1cncc(-c2cn(-c3c(F)ccc(NS(=O)(=O)c4ccoc4)c3F)nn2)c1. The first-order valence-electron chi connectivity index (χ1n) is 14.0. The van der Waals surface area contributed by atoms with Gasteiger partial charge in [-0.2, -0.15) is 0 Å². The van der Waals surface area contributed by atoms with Crippen molar-refractivity contribution in [2.24, 2.45) is 11.8 Å². The maximum absolute atomic E-state index is 15.4. The molecule has 4 aromatic rings. The van der Waals surface area contributed by atoms with Gasteiger partial charge in [-0.15, -0.1) is 5.10 Å². The Morgan fingerprint density at radius 3 is 2.71 bits per heavy atom. The van der Waals surface area contributed by atoms with E-state index in [0.717, 1.165) is 66.5 Å². The van der Waals surface area contributed by atoms with Crippen LogP contribution in [0.1, 0.15) is 52.4 Å². The molecule has 1 unspecified atom stereocenters. The lowest BCUT2D eigenvalue weighted by Crippen LogP contribution is -2.26. The zero-order chi connectivity index (χ0) is 29.0. The van der Waals surface area contributed by atoms with Crippen LogP contribution in [0.15, 0.2) is 64.7 Å². The second-order valence-electron chi connectivity index (χ2n) is 10.4.